The maximum Gasteiger partial charge on any atom is 0.0657 e. The van der Waals surface area contributed by atoms with Crippen LogP contribution >= 0.6 is 0 Å². The summed E-state index contributed by atoms with van der Waals surface area (Å²) in [5, 5.41) is 8.05. The van der Waals surface area contributed by atoms with Crippen molar-refractivity contribution in [2.24, 2.45) is 0 Å². The van der Waals surface area contributed by atoms with Crippen LogP contribution in [0.15, 0.2) is 36.4 Å². The third-order valence-corrected chi connectivity index (χ3v) is 3.58. The number of nitrogens with zero attached hydrogens (tertiary/aromatic N) is 2. The van der Waals surface area contributed by atoms with Crippen LogP contribution in [0.5, 0.6) is 0 Å². The standard InChI is InChI=1S/C17H25N3O/c1-14-12-15(2)20(19-14)11-7-10-18-17(13-21-3)16-8-5-4-6-9-16/h4-6,8-9,12,17-18H,7,10-11,13H2,1-3H3. The highest BCUT2D eigenvalue weighted by molar-refractivity contribution is 5.18. The van der Waals surface area contributed by atoms with Gasteiger partial charge in [0.05, 0.1) is 18.3 Å². The summed E-state index contributed by atoms with van der Waals surface area (Å²) in [4.78, 5) is 0. The minimum atomic E-state index is 0.247. The van der Waals surface area contributed by atoms with Crippen molar-refractivity contribution in [3.05, 3.63) is 53.3 Å². The normalized spacial score (nSPS) is 12.5. The van der Waals surface area contributed by atoms with Crippen molar-refractivity contribution < 1.29 is 4.74 Å². The van der Waals surface area contributed by atoms with Crippen LogP contribution in [0, 0.1) is 13.8 Å². The summed E-state index contributed by atoms with van der Waals surface area (Å²) in [6, 6.07) is 12.8. The largest absolute Gasteiger partial charge is 0.383 e. The van der Waals surface area contributed by atoms with Crippen LogP contribution in [0.1, 0.15) is 29.4 Å². The summed E-state index contributed by atoms with van der Waals surface area (Å²) in [5.74, 6) is 0. The van der Waals surface area contributed by atoms with E-state index in [2.05, 4.69) is 52.4 Å². The van der Waals surface area contributed by atoms with Gasteiger partial charge in [-0.25, -0.2) is 0 Å². The van der Waals surface area contributed by atoms with Crippen molar-refractivity contribution in [2.45, 2.75) is 32.9 Å². The Labute approximate surface area is 127 Å². The molecule has 0 amide bonds. The van der Waals surface area contributed by atoms with Crippen molar-refractivity contribution in [1.82, 2.24) is 15.1 Å². The lowest BCUT2D eigenvalue weighted by molar-refractivity contribution is 0.166. The van der Waals surface area contributed by atoms with Crippen LogP contribution in [0.2, 0.25) is 0 Å². The average Bonchev–Trinajstić information content (AvgIpc) is 2.81. The Bertz CT molecular complexity index is 536. The fourth-order valence-corrected chi connectivity index (χ4v) is 2.53. The maximum absolute atomic E-state index is 5.32. The molecule has 0 spiro atoms. The molecule has 1 aromatic carbocycles. The number of aryl methyl sites for hydroxylation is 3. The molecule has 0 fully saturated rings. The predicted molar refractivity (Wildman–Crippen MR) is 85.4 cm³/mol. The predicted octanol–water partition coefficient (Wildman–Crippen LogP) is 2.87. The molecule has 1 aromatic heterocycles. The van der Waals surface area contributed by atoms with Crippen LogP contribution in [-0.4, -0.2) is 30.0 Å². The summed E-state index contributed by atoms with van der Waals surface area (Å²) >= 11 is 0. The summed E-state index contributed by atoms with van der Waals surface area (Å²) < 4.78 is 7.39. The maximum atomic E-state index is 5.32. The monoisotopic (exact) mass is 287 g/mol. The zero-order valence-corrected chi connectivity index (χ0v) is 13.2. The first-order chi connectivity index (χ1) is 10.2. The lowest BCUT2D eigenvalue weighted by Gasteiger charge is -2.18. The van der Waals surface area contributed by atoms with Crippen LogP contribution in [-0.2, 0) is 11.3 Å². The molecule has 1 N–H and O–H groups in total. The number of rotatable bonds is 8. The van der Waals surface area contributed by atoms with Gasteiger partial charge in [0.2, 0.25) is 0 Å². The first-order valence-electron chi connectivity index (χ1n) is 7.49. The molecule has 114 valence electrons. The summed E-state index contributed by atoms with van der Waals surface area (Å²) in [6.45, 7) is 6.71. The molecule has 0 radical (unpaired) electrons. The van der Waals surface area contributed by atoms with Crippen LogP contribution in [0.3, 0.4) is 0 Å². The minimum absolute atomic E-state index is 0.247. The second-order valence-electron chi connectivity index (χ2n) is 5.38. The molecule has 21 heavy (non-hydrogen) atoms. The molecule has 4 heteroatoms. The van der Waals surface area contributed by atoms with Gasteiger partial charge in [-0.1, -0.05) is 30.3 Å². The second-order valence-corrected chi connectivity index (χ2v) is 5.38. The fourth-order valence-electron chi connectivity index (χ4n) is 2.53. The van der Waals surface area contributed by atoms with Gasteiger partial charge in [0.25, 0.3) is 0 Å². The number of benzene rings is 1. The number of methoxy groups -OCH3 is 1. The number of ether oxygens (including phenoxy) is 1. The zero-order valence-electron chi connectivity index (χ0n) is 13.2. The lowest BCUT2D eigenvalue weighted by atomic mass is 10.1. The van der Waals surface area contributed by atoms with E-state index in [0.29, 0.717) is 6.61 Å². The van der Waals surface area contributed by atoms with E-state index < -0.39 is 0 Å². The highest BCUT2D eigenvalue weighted by Gasteiger charge is 2.09. The zero-order chi connectivity index (χ0) is 15.1. The topological polar surface area (TPSA) is 39.1 Å². The SMILES string of the molecule is COCC(NCCCn1nc(C)cc1C)c1ccccc1. The van der Waals surface area contributed by atoms with Crippen molar-refractivity contribution in [3.8, 4) is 0 Å². The van der Waals surface area contributed by atoms with E-state index in [9.17, 15) is 0 Å². The van der Waals surface area contributed by atoms with Gasteiger partial charge in [0.1, 0.15) is 0 Å². The quantitative estimate of drug-likeness (QED) is 0.759. The molecular formula is C17H25N3O. The third kappa shape index (κ3) is 4.69. The van der Waals surface area contributed by atoms with Crippen LogP contribution in [0.4, 0.5) is 0 Å². The Balaban J connectivity index is 1.81. The van der Waals surface area contributed by atoms with Gasteiger partial charge in [-0.05, 0) is 38.4 Å². The van der Waals surface area contributed by atoms with Crippen LogP contribution in [0.25, 0.3) is 0 Å². The number of hydrogen-bond acceptors (Lipinski definition) is 3. The summed E-state index contributed by atoms with van der Waals surface area (Å²) in [7, 11) is 1.74. The van der Waals surface area contributed by atoms with Gasteiger partial charge in [0, 0.05) is 19.3 Å². The van der Waals surface area contributed by atoms with Gasteiger partial charge in [-0.2, -0.15) is 5.10 Å². The van der Waals surface area contributed by atoms with E-state index in [0.717, 1.165) is 25.2 Å². The molecule has 2 rings (SSSR count). The van der Waals surface area contributed by atoms with E-state index in [1.54, 1.807) is 7.11 Å². The number of aromatic nitrogens is 2. The number of hydrogen-bond donors (Lipinski definition) is 1. The molecular weight excluding hydrogens is 262 g/mol. The molecule has 0 saturated carbocycles. The van der Waals surface area contributed by atoms with Gasteiger partial charge < -0.3 is 10.1 Å². The highest BCUT2D eigenvalue weighted by atomic mass is 16.5. The van der Waals surface area contributed by atoms with Gasteiger partial charge in [-0.3, -0.25) is 4.68 Å². The molecule has 4 nitrogen and oxygen atoms in total. The fraction of sp³-hybridized carbons (Fsp3) is 0.471. The average molecular weight is 287 g/mol. The van der Waals surface area contributed by atoms with Gasteiger partial charge in [-0.15, -0.1) is 0 Å². The van der Waals surface area contributed by atoms with E-state index >= 15 is 0 Å². The van der Waals surface area contributed by atoms with E-state index in [-0.39, 0.29) is 6.04 Å². The van der Waals surface area contributed by atoms with Crippen molar-refractivity contribution in [3.63, 3.8) is 0 Å². The Morgan fingerprint density at radius 2 is 2.00 bits per heavy atom. The van der Waals surface area contributed by atoms with E-state index in [1.165, 1.54) is 11.3 Å². The summed E-state index contributed by atoms with van der Waals surface area (Å²) in [6.07, 6.45) is 1.05. The highest BCUT2D eigenvalue weighted by Crippen LogP contribution is 2.12. The molecule has 0 saturated heterocycles. The van der Waals surface area contributed by atoms with Crippen molar-refractivity contribution in [2.75, 3.05) is 20.3 Å². The molecule has 0 aliphatic carbocycles. The Morgan fingerprint density at radius 1 is 1.24 bits per heavy atom. The van der Waals surface area contributed by atoms with Gasteiger partial charge >= 0.3 is 0 Å². The first-order valence-corrected chi connectivity index (χ1v) is 7.49. The Kier molecular flexibility index (Phi) is 5.96. The molecule has 0 bridgehead atoms. The molecule has 2 aromatic rings. The molecule has 1 atom stereocenters. The van der Waals surface area contributed by atoms with Crippen LogP contribution < -0.4 is 5.32 Å². The second kappa shape index (κ2) is 7.96. The molecule has 0 aliphatic heterocycles. The molecule has 1 unspecified atom stereocenters. The summed E-state index contributed by atoms with van der Waals surface area (Å²) in [5.41, 5.74) is 3.58. The minimum Gasteiger partial charge on any atom is -0.383 e. The molecule has 0 aliphatic rings. The van der Waals surface area contributed by atoms with Crippen molar-refractivity contribution >= 4 is 0 Å². The Hall–Kier alpha value is -1.65. The molecule has 1 heterocycles. The number of nitrogens with one attached hydrogen (secondary N) is 1. The van der Waals surface area contributed by atoms with E-state index in [1.807, 2.05) is 13.0 Å². The van der Waals surface area contributed by atoms with Gasteiger partial charge in [0.15, 0.2) is 0 Å². The van der Waals surface area contributed by atoms with Crippen molar-refractivity contribution in [1.29, 1.82) is 0 Å². The third-order valence-electron chi connectivity index (χ3n) is 3.58. The smallest absolute Gasteiger partial charge is 0.0657 e. The van der Waals surface area contributed by atoms with E-state index in [4.69, 9.17) is 4.74 Å². The lowest BCUT2D eigenvalue weighted by Crippen LogP contribution is -2.27. The Morgan fingerprint density at radius 3 is 2.62 bits per heavy atom. The first kappa shape index (κ1) is 15.7.